The van der Waals surface area contributed by atoms with Crippen LogP contribution in [-0.2, 0) is 6.42 Å². The summed E-state index contributed by atoms with van der Waals surface area (Å²) in [6, 6.07) is 10.5. The van der Waals surface area contributed by atoms with Crippen LogP contribution in [0, 0.1) is 5.82 Å². The van der Waals surface area contributed by atoms with E-state index in [9.17, 15) is 4.39 Å². The van der Waals surface area contributed by atoms with Gasteiger partial charge < -0.3 is 10.6 Å². The molecule has 2 N–H and O–H groups in total. The second-order valence-corrected chi connectivity index (χ2v) is 5.73. The molecule has 0 fully saturated rings. The van der Waals surface area contributed by atoms with Crippen molar-refractivity contribution in [2.24, 2.45) is 0 Å². The van der Waals surface area contributed by atoms with Gasteiger partial charge in [0.05, 0.1) is 0 Å². The number of hydrogen-bond donors (Lipinski definition) is 2. The Hall–Kier alpha value is -1.46. The number of hydrogen-bond acceptors (Lipinski definition) is 2. The van der Waals surface area contributed by atoms with Crippen molar-refractivity contribution >= 4 is 34.4 Å². The van der Waals surface area contributed by atoms with Crippen molar-refractivity contribution in [1.82, 2.24) is 5.32 Å². The van der Waals surface area contributed by atoms with Gasteiger partial charge >= 0.3 is 0 Å². The first-order valence-electron chi connectivity index (χ1n) is 5.99. The van der Waals surface area contributed by atoms with Crippen molar-refractivity contribution in [3.05, 3.63) is 52.5 Å². The molecule has 1 aromatic heterocycles. The van der Waals surface area contributed by atoms with Crippen LogP contribution in [0.3, 0.4) is 0 Å². The van der Waals surface area contributed by atoms with Gasteiger partial charge in [-0.2, -0.15) is 0 Å². The summed E-state index contributed by atoms with van der Waals surface area (Å²) in [4.78, 5) is 1.32. The van der Waals surface area contributed by atoms with E-state index in [4.69, 9.17) is 12.2 Å². The first-order chi connectivity index (χ1) is 9.13. The van der Waals surface area contributed by atoms with Gasteiger partial charge in [0.1, 0.15) is 5.82 Å². The van der Waals surface area contributed by atoms with Crippen LogP contribution >= 0.6 is 23.6 Å². The Labute approximate surface area is 121 Å². The maximum absolute atomic E-state index is 12.8. The number of benzene rings is 1. The zero-order chi connectivity index (χ0) is 13.7. The van der Waals surface area contributed by atoms with Crippen LogP contribution in [0.2, 0.25) is 0 Å². The fourth-order valence-electron chi connectivity index (χ4n) is 1.71. The van der Waals surface area contributed by atoms with Crippen molar-refractivity contribution in [1.29, 1.82) is 0 Å². The fourth-order valence-corrected chi connectivity index (χ4v) is 2.86. The summed E-state index contributed by atoms with van der Waals surface area (Å²) < 4.78 is 12.8. The number of halogens is 1. The number of anilines is 1. The van der Waals surface area contributed by atoms with E-state index in [1.165, 1.54) is 17.0 Å². The maximum Gasteiger partial charge on any atom is 0.170 e. The summed E-state index contributed by atoms with van der Waals surface area (Å²) in [6.07, 6.45) is 0.933. The molecule has 0 aliphatic heterocycles. The molecule has 0 saturated heterocycles. The highest BCUT2D eigenvalue weighted by Gasteiger charge is 2.06. The van der Waals surface area contributed by atoms with Gasteiger partial charge in [-0.05, 0) is 54.9 Å². The first-order valence-corrected chi connectivity index (χ1v) is 7.28. The molecule has 2 rings (SSSR count). The molecular weight excluding hydrogens is 279 g/mol. The van der Waals surface area contributed by atoms with Crippen molar-refractivity contribution < 1.29 is 4.39 Å². The summed E-state index contributed by atoms with van der Waals surface area (Å²) in [5.74, 6) is -0.254. The minimum atomic E-state index is -0.254. The number of nitrogens with one attached hydrogen (secondary N) is 2. The average Bonchev–Trinajstić information content (AvgIpc) is 2.84. The van der Waals surface area contributed by atoms with E-state index in [1.54, 1.807) is 23.5 Å². The van der Waals surface area contributed by atoms with Gasteiger partial charge in [-0.3, -0.25) is 0 Å². The van der Waals surface area contributed by atoms with Crippen molar-refractivity contribution in [3.8, 4) is 0 Å². The van der Waals surface area contributed by atoms with E-state index in [1.807, 2.05) is 6.07 Å². The van der Waals surface area contributed by atoms with Crippen molar-refractivity contribution in [2.75, 3.05) is 5.32 Å². The fraction of sp³-hybridized carbons (Fsp3) is 0.214. The van der Waals surface area contributed by atoms with Crippen LogP contribution in [0.1, 0.15) is 11.8 Å². The zero-order valence-corrected chi connectivity index (χ0v) is 12.2. The highest BCUT2D eigenvalue weighted by molar-refractivity contribution is 7.80. The van der Waals surface area contributed by atoms with Crippen LogP contribution in [-0.4, -0.2) is 11.2 Å². The third kappa shape index (κ3) is 4.61. The minimum Gasteiger partial charge on any atom is -0.360 e. The third-order valence-corrected chi connectivity index (χ3v) is 3.69. The zero-order valence-electron chi connectivity index (χ0n) is 10.5. The Morgan fingerprint density at radius 2 is 2.05 bits per heavy atom. The van der Waals surface area contributed by atoms with Gasteiger partial charge in [0.25, 0.3) is 0 Å². The largest absolute Gasteiger partial charge is 0.360 e. The molecule has 0 bridgehead atoms. The molecule has 1 atom stereocenters. The lowest BCUT2D eigenvalue weighted by atomic mass is 10.2. The molecule has 0 spiro atoms. The molecule has 1 heterocycles. The van der Waals surface area contributed by atoms with Crippen LogP contribution in [0.4, 0.5) is 10.1 Å². The summed E-state index contributed by atoms with van der Waals surface area (Å²) in [5, 5.41) is 8.87. The van der Waals surface area contributed by atoms with Gasteiger partial charge in [0.2, 0.25) is 0 Å². The van der Waals surface area contributed by atoms with Crippen LogP contribution < -0.4 is 10.6 Å². The molecule has 1 unspecified atom stereocenters. The average molecular weight is 294 g/mol. The summed E-state index contributed by atoms with van der Waals surface area (Å²) in [5.41, 5.74) is 0.780. The number of thiophene rings is 1. The third-order valence-electron chi connectivity index (χ3n) is 2.57. The lowest BCUT2D eigenvalue weighted by Gasteiger charge is -2.16. The standard InChI is InChI=1S/C14H15FN2S2/c1-10(9-13-3-2-8-19-13)16-14(18)17-12-6-4-11(15)5-7-12/h2-8,10H,9H2,1H3,(H2,16,17,18). The van der Waals surface area contributed by atoms with Crippen LogP contribution in [0.5, 0.6) is 0 Å². The molecule has 0 radical (unpaired) electrons. The van der Waals surface area contributed by atoms with Gasteiger partial charge in [-0.1, -0.05) is 6.07 Å². The van der Waals surface area contributed by atoms with E-state index in [0.29, 0.717) is 5.11 Å². The van der Waals surface area contributed by atoms with Crippen LogP contribution in [0.15, 0.2) is 41.8 Å². The molecule has 0 aliphatic rings. The molecule has 19 heavy (non-hydrogen) atoms. The number of rotatable bonds is 4. The molecule has 5 heteroatoms. The highest BCUT2D eigenvalue weighted by atomic mass is 32.1. The van der Waals surface area contributed by atoms with Gasteiger partial charge in [-0.15, -0.1) is 11.3 Å². The summed E-state index contributed by atoms with van der Waals surface area (Å²) in [6.45, 7) is 2.08. The quantitative estimate of drug-likeness (QED) is 0.839. The second-order valence-electron chi connectivity index (χ2n) is 4.29. The van der Waals surface area contributed by atoms with E-state index < -0.39 is 0 Å². The molecule has 100 valence electrons. The molecule has 1 aromatic carbocycles. The molecular formula is C14H15FN2S2. The molecule has 0 saturated carbocycles. The second kappa shape index (κ2) is 6.63. The predicted octanol–water partition coefficient (Wildman–Crippen LogP) is 3.80. The highest BCUT2D eigenvalue weighted by Crippen LogP contribution is 2.11. The Balaban J connectivity index is 1.82. The smallest absolute Gasteiger partial charge is 0.170 e. The van der Waals surface area contributed by atoms with E-state index in [0.717, 1.165) is 12.1 Å². The van der Waals surface area contributed by atoms with E-state index in [2.05, 4.69) is 29.0 Å². The maximum atomic E-state index is 12.8. The van der Waals surface area contributed by atoms with Crippen LogP contribution in [0.25, 0.3) is 0 Å². The Morgan fingerprint density at radius 1 is 1.32 bits per heavy atom. The molecule has 0 aliphatic carbocycles. The van der Waals surface area contributed by atoms with Crippen molar-refractivity contribution in [3.63, 3.8) is 0 Å². The van der Waals surface area contributed by atoms with E-state index in [-0.39, 0.29) is 11.9 Å². The van der Waals surface area contributed by atoms with Gasteiger partial charge in [0.15, 0.2) is 5.11 Å². The topological polar surface area (TPSA) is 24.1 Å². The summed E-state index contributed by atoms with van der Waals surface area (Å²) in [7, 11) is 0. The Morgan fingerprint density at radius 3 is 2.68 bits per heavy atom. The van der Waals surface area contributed by atoms with Crippen molar-refractivity contribution in [2.45, 2.75) is 19.4 Å². The van der Waals surface area contributed by atoms with Gasteiger partial charge in [-0.25, -0.2) is 4.39 Å². The lowest BCUT2D eigenvalue weighted by molar-refractivity contribution is 0.628. The molecule has 2 aromatic rings. The number of thiocarbonyl (C=S) groups is 1. The van der Waals surface area contributed by atoms with Gasteiger partial charge in [0, 0.05) is 23.0 Å². The monoisotopic (exact) mass is 294 g/mol. The summed E-state index contributed by atoms with van der Waals surface area (Å²) >= 11 is 6.97. The predicted molar refractivity (Wildman–Crippen MR) is 83.2 cm³/mol. The normalized spacial score (nSPS) is 11.9. The first kappa shape index (κ1) is 14.0. The molecule has 0 amide bonds. The Bertz CT molecular complexity index is 523. The minimum absolute atomic E-state index is 0.249. The molecule has 2 nitrogen and oxygen atoms in total. The Kier molecular flexibility index (Phi) is 4.87. The SMILES string of the molecule is CC(Cc1cccs1)NC(=S)Nc1ccc(F)cc1. The lowest BCUT2D eigenvalue weighted by Crippen LogP contribution is -2.36. The van der Waals surface area contributed by atoms with E-state index >= 15 is 0 Å².